The molecule has 1 aromatic heterocycles. The second kappa shape index (κ2) is 6.70. The third-order valence-electron chi connectivity index (χ3n) is 2.77. The van der Waals surface area contributed by atoms with Crippen LogP contribution in [-0.4, -0.2) is 38.3 Å². The van der Waals surface area contributed by atoms with Gasteiger partial charge in [0.05, 0.1) is 0 Å². The highest BCUT2D eigenvalue weighted by Crippen LogP contribution is 2.21. The molecule has 0 aliphatic rings. The van der Waals surface area contributed by atoms with E-state index < -0.39 is 10.0 Å². The fourth-order valence-electron chi connectivity index (χ4n) is 1.66. The van der Waals surface area contributed by atoms with Gasteiger partial charge in [-0.2, -0.15) is 0 Å². The Morgan fingerprint density at radius 2 is 2.11 bits per heavy atom. The largest absolute Gasteiger partial charge is 0.372 e. The third-order valence-corrected chi connectivity index (χ3v) is 4.66. The van der Waals surface area contributed by atoms with Crippen LogP contribution in [0.4, 0.5) is 5.82 Å². The van der Waals surface area contributed by atoms with Gasteiger partial charge in [0.25, 0.3) is 0 Å². The lowest BCUT2D eigenvalue weighted by molar-refractivity contribution is 0.454. The van der Waals surface area contributed by atoms with Crippen LogP contribution in [0.2, 0.25) is 0 Å². The molecule has 18 heavy (non-hydrogen) atoms. The Morgan fingerprint density at radius 1 is 1.39 bits per heavy atom. The number of rotatable bonds is 7. The van der Waals surface area contributed by atoms with E-state index in [4.69, 9.17) is 0 Å². The molecule has 1 rings (SSSR count). The molecule has 0 aliphatic carbocycles. The number of anilines is 1. The number of unbranched alkanes of at least 4 members (excludes halogenated alkanes) is 2. The Labute approximate surface area is 109 Å². The maximum absolute atomic E-state index is 12.4. The summed E-state index contributed by atoms with van der Waals surface area (Å²) in [6, 6.07) is 3.21. The van der Waals surface area contributed by atoms with Crippen molar-refractivity contribution in [2.24, 2.45) is 0 Å². The Morgan fingerprint density at radius 3 is 2.72 bits per heavy atom. The molecule has 5 nitrogen and oxygen atoms in total. The molecule has 6 heteroatoms. The van der Waals surface area contributed by atoms with Crippen molar-refractivity contribution in [3.05, 3.63) is 18.3 Å². The summed E-state index contributed by atoms with van der Waals surface area (Å²) >= 11 is 0. The van der Waals surface area contributed by atoms with E-state index in [2.05, 4.69) is 17.2 Å². The molecule has 1 heterocycles. The maximum Gasteiger partial charge on any atom is 0.246 e. The van der Waals surface area contributed by atoms with E-state index >= 15 is 0 Å². The highest BCUT2D eigenvalue weighted by molar-refractivity contribution is 7.89. The molecule has 0 fully saturated rings. The number of pyridine rings is 1. The van der Waals surface area contributed by atoms with E-state index in [1.807, 2.05) is 0 Å². The van der Waals surface area contributed by atoms with Gasteiger partial charge in [0, 0.05) is 26.8 Å². The zero-order valence-electron chi connectivity index (χ0n) is 11.2. The van der Waals surface area contributed by atoms with Gasteiger partial charge < -0.3 is 5.32 Å². The van der Waals surface area contributed by atoms with Crippen LogP contribution in [-0.2, 0) is 10.0 Å². The van der Waals surface area contributed by atoms with Gasteiger partial charge in [-0.3, -0.25) is 0 Å². The lowest BCUT2D eigenvalue weighted by Crippen LogP contribution is -2.28. The Hall–Kier alpha value is -1.14. The summed E-state index contributed by atoms with van der Waals surface area (Å²) in [6.45, 7) is 2.63. The summed E-state index contributed by atoms with van der Waals surface area (Å²) in [5, 5.41) is 2.81. The van der Waals surface area contributed by atoms with Crippen LogP contribution < -0.4 is 5.32 Å². The predicted octanol–water partition coefficient (Wildman–Crippen LogP) is 1.93. The van der Waals surface area contributed by atoms with Crippen molar-refractivity contribution in [3.8, 4) is 0 Å². The summed E-state index contributed by atoms with van der Waals surface area (Å²) in [7, 11) is -0.180. The van der Waals surface area contributed by atoms with E-state index in [1.54, 1.807) is 32.4 Å². The predicted molar refractivity (Wildman–Crippen MR) is 73.1 cm³/mol. The van der Waals surface area contributed by atoms with Gasteiger partial charge in [0.15, 0.2) is 0 Å². The standard InChI is InChI=1S/C12H21N3O2S/c1-4-5-6-10-15(3)18(16,17)11-8-7-9-14-12(11)13-2/h7-9H,4-6,10H2,1-3H3,(H,13,14). The van der Waals surface area contributed by atoms with Gasteiger partial charge >= 0.3 is 0 Å². The second-order valence-corrected chi connectivity index (χ2v) is 6.15. The molecule has 0 saturated carbocycles. The number of sulfonamides is 1. The molecule has 0 spiro atoms. The fourth-order valence-corrected chi connectivity index (χ4v) is 3.01. The summed E-state index contributed by atoms with van der Waals surface area (Å²) in [5.74, 6) is 0.389. The zero-order chi connectivity index (χ0) is 13.6. The van der Waals surface area contributed by atoms with Crippen molar-refractivity contribution in [2.45, 2.75) is 31.1 Å². The summed E-state index contributed by atoms with van der Waals surface area (Å²) in [6.07, 6.45) is 4.55. The maximum atomic E-state index is 12.4. The summed E-state index contributed by atoms with van der Waals surface area (Å²) < 4.78 is 26.1. The van der Waals surface area contributed by atoms with Crippen molar-refractivity contribution >= 4 is 15.8 Å². The SMILES string of the molecule is CCCCCN(C)S(=O)(=O)c1cccnc1NC. The van der Waals surface area contributed by atoms with Gasteiger partial charge in [-0.1, -0.05) is 19.8 Å². The van der Waals surface area contributed by atoms with Crippen LogP contribution in [0, 0.1) is 0 Å². The second-order valence-electron chi connectivity index (χ2n) is 4.13. The van der Waals surface area contributed by atoms with E-state index in [-0.39, 0.29) is 4.90 Å². The lowest BCUT2D eigenvalue weighted by Gasteiger charge is -2.18. The normalized spacial score (nSPS) is 11.8. The van der Waals surface area contributed by atoms with E-state index in [1.165, 1.54) is 4.31 Å². The smallest absolute Gasteiger partial charge is 0.246 e. The van der Waals surface area contributed by atoms with Crippen molar-refractivity contribution in [3.63, 3.8) is 0 Å². The van der Waals surface area contributed by atoms with Gasteiger partial charge in [-0.25, -0.2) is 17.7 Å². The monoisotopic (exact) mass is 271 g/mol. The van der Waals surface area contributed by atoms with Gasteiger partial charge in [0.2, 0.25) is 10.0 Å². The number of hydrogen-bond acceptors (Lipinski definition) is 4. The molecule has 0 atom stereocenters. The van der Waals surface area contributed by atoms with Crippen molar-refractivity contribution in [2.75, 3.05) is 26.0 Å². The van der Waals surface area contributed by atoms with E-state index in [0.29, 0.717) is 12.4 Å². The minimum absolute atomic E-state index is 0.228. The minimum atomic E-state index is -3.45. The number of nitrogens with zero attached hydrogens (tertiary/aromatic N) is 2. The molecule has 102 valence electrons. The van der Waals surface area contributed by atoms with Crippen LogP contribution in [0.1, 0.15) is 26.2 Å². The van der Waals surface area contributed by atoms with Crippen LogP contribution in [0.25, 0.3) is 0 Å². The molecule has 0 amide bonds. The molecule has 0 radical (unpaired) electrons. The minimum Gasteiger partial charge on any atom is -0.372 e. The van der Waals surface area contributed by atoms with Crippen molar-refractivity contribution < 1.29 is 8.42 Å². The average Bonchev–Trinajstić information content (AvgIpc) is 2.38. The first kappa shape index (κ1) is 14.9. The number of hydrogen-bond donors (Lipinski definition) is 1. The Bertz CT molecular complexity index is 474. The molecule has 0 bridgehead atoms. The highest BCUT2D eigenvalue weighted by Gasteiger charge is 2.23. The molecule has 1 aromatic rings. The first-order valence-corrected chi connectivity index (χ1v) is 7.57. The number of aromatic nitrogens is 1. The Kier molecular flexibility index (Phi) is 5.55. The topological polar surface area (TPSA) is 62.3 Å². The molecule has 1 N–H and O–H groups in total. The van der Waals surface area contributed by atoms with Crippen molar-refractivity contribution in [1.82, 2.24) is 9.29 Å². The molecule has 0 aromatic carbocycles. The molecular formula is C12H21N3O2S. The molecule has 0 saturated heterocycles. The average molecular weight is 271 g/mol. The first-order chi connectivity index (χ1) is 8.54. The van der Waals surface area contributed by atoms with Crippen LogP contribution >= 0.6 is 0 Å². The van der Waals surface area contributed by atoms with Gasteiger partial charge in [0.1, 0.15) is 10.7 Å². The van der Waals surface area contributed by atoms with E-state index in [9.17, 15) is 8.42 Å². The fraction of sp³-hybridized carbons (Fsp3) is 0.583. The third kappa shape index (κ3) is 3.43. The quantitative estimate of drug-likeness (QED) is 0.770. The van der Waals surface area contributed by atoms with Crippen LogP contribution in [0.5, 0.6) is 0 Å². The zero-order valence-corrected chi connectivity index (χ0v) is 12.0. The number of nitrogens with one attached hydrogen (secondary N) is 1. The first-order valence-electron chi connectivity index (χ1n) is 6.13. The lowest BCUT2D eigenvalue weighted by atomic mass is 10.2. The molecule has 0 unspecified atom stereocenters. The summed E-state index contributed by atoms with van der Waals surface area (Å²) in [5.41, 5.74) is 0. The van der Waals surface area contributed by atoms with Gasteiger partial charge in [-0.15, -0.1) is 0 Å². The Balaban J connectivity index is 2.91. The van der Waals surface area contributed by atoms with Gasteiger partial charge in [-0.05, 0) is 18.6 Å². The van der Waals surface area contributed by atoms with E-state index in [0.717, 1.165) is 19.3 Å². The van der Waals surface area contributed by atoms with Crippen LogP contribution in [0.3, 0.4) is 0 Å². The molecular weight excluding hydrogens is 250 g/mol. The highest BCUT2D eigenvalue weighted by atomic mass is 32.2. The molecule has 0 aliphatic heterocycles. The van der Waals surface area contributed by atoms with Crippen LogP contribution in [0.15, 0.2) is 23.2 Å². The summed E-state index contributed by atoms with van der Waals surface area (Å²) in [4.78, 5) is 4.25. The van der Waals surface area contributed by atoms with Crippen molar-refractivity contribution in [1.29, 1.82) is 0 Å².